The fourth-order valence-electron chi connectivity index (χ4n) is 3.90. The molecule has 0 spiro atoms. The van der Waals surface area contributed by atoms with Crippen LogP contribution in [0.25, 0.3) is 32.4 Å². The minimum absolute atomic E-state index is 0.174. The van der Waals surface area contributed by atoms with Crippen LogP contribution in [0.4, 0.5) is 4.39 Å². The first kappa shape index (κ1) is 18.4. The summed E-state index contributed by atoms with van der Waals surface area (Å²) in [6.45, 7) is 4.70. The minimum atomic E-state index is -0.645. The van der Waals surface area contributed by atoms with E-state index in [1.54, 1.807) is 29.7 Å². The normalized spacial score (nSPS) is 18.7. The molecular formula is C22H19FN2O3S. The lowest BCUT2D eigenvalue weighted by atomic mass is 10.1. The number of hydrogen-bond donors (Lipinski definition) is 0. The Morgan fingerprint density at radius 1 is 1.21 bits per heavy atom. The molecule has 7 heteroatoms. The van der Waals surface area contributed by atoms with Crippen molar-refractivity contribution >= 4 is 33.1 Å². The van der Waals surface area contributed by atoms with E-state index in [-0.39, 0.29) is 11.5 Å². The molecule has 2 aromatic carbocycles. The van der Waals surface area contributed by atoms with Crippen molar-refractivity contribution in [1.82, 2.24) is 9.55 Å². The number of halogens is 1. The molecule has 1 unspecified atom stereocenters. The molecule has 2 aromatic heterocycles. The molecule has 3 heterocycles. The number of benzene rings is 2. The predicted octanol–water partition coefficient (Wildman–Crippen LogP) is 4.57. The van der Waals surface area contributed by atoms with Crippen LogP contribution in [-0.4, -0.2) is 28.0 Å². The van der Waals surface area contributed by atoms with E-state index < -0.39 is 11.6 Å². The molecule has 0 amide bonds. The van der Waals surface area contributed by atoms with Crippen LogP contribution < -0.4 is 5.43 Å². The third-order valence-electron chi connectivity index (χ3n) is 5.16. The lowest BCUT2D eigenvalue weighted by molar-refractivity contribution is -0.139. The second-order valence-corrected chi connectivity index (χ2v) is 8.52. The smallest absolute Gasteiger partial charge is 0.197 e. The Hall–Kier alpha value is -2.61. The van der Waals surface area contributed by atoms with Crippen molar-refractivity contribution in [2.45, 2.75) is 32.3 Å². The van der Waals surface area contributed by atoms with Gasteiger partial charge in [0.2, 0.25) is 0 Å². The van der Waals surface area contributed by atoms with E-state index in [0.717, 1.165) is 16.1 Å². The van der Waals surface area contributed by atoms with Gasteiger partial charge in [-0.2, -0.15) is 0 Å². The zero-order chi connectivity index (χ0) is 20.2. The predicted molar refractivity (Wildman–Crippen MR) is 112 cm³/mol. The van der Waals surface area contributed by atoms with E-state index in [1.807, 2.05) is 35.9 Å². The molecule has 0 radical (unpaired) electrons. The van der Waals surface area contributed by atoms with E-state index in [9.17, 15) is 9.18 Å². The van der Waals surface area contributed by atoms with E-state index in [1.165, 1.54) is 12.1 Å². The van der Waals surface area contributed by atoms with Crippen molar-refractivity contribution in [3.8, 4) is 10.6 Å². The van der Waals surface area contributed by atoms with E-state index in [0.29, 0.717) is 29.4 Å². The Balaban J connectivity index is 1.76. The second kappa shape index (κ2) is 6.73. The quantitative estimate of drug-likeness (QED) is 0.465. The fraction of sp³-hybridized carbons (Fsp3) is 0.273. The van der Waals surface area contributed by atoms with E-state index in [4.69, 9.17) is 9.47 Å². The Labute approximate surface area is 170 Å². The maximum absolute atomic E-state index is 13.9. The van der Waals surface area contributed by atoms with E-state index in [2.05, 4.69) is 4.98 Å². The first-order chi connectivity index (χ1) is 13.9. The molecule has 1 aliphatic rings. The summed E-state index contributed by atoms with van der Waals surface area (Å²) < 4.78 is 27.6. The Bertz CT molecular complexity index is 1280. The molecular weight excluding hydrogens is 391 g/mol. The summed E-state index contributed by atoms with van der Waals surface area (Å²) in [6.07, 6.45) is 1.58. The van der Waals surface area contributed by atoms with Crippen molar-refractivity contribution in [2.75, 3.05) is 6.61 Å². The monoisotopic (exact) mass is 410 g/mol. The summed E-state index contributed by atoms with van der Waals surface area (Å²) in [6, 6.07) is 9.99. The lowest BCUT2D eigenvalue weighted by Crippen LogP contribution is -2.25. The molecule has 5 nitrogen and oxygen atoms in total. The molecule has 0 aliphatic carbocycles. The molecule has 4 aromatic rings. The molecule has 1 atom stereocenters. The van der Waals surface area contributed by atoms with E-state index >= 15 is 0 Å². The standard InChI is InChI=1S/C22H19FN2O3S/c1-22(2)27-12-15(28-22)11-25-18-6-4-14(23)10-17(18)20(26)16-5-3-13(9-19(16)25)21-24-7-8-29-21/h3-10,15H,11-12H2,1-2H3. The van der Waals surface area contributed by atoms with Gasteiger partial charge in [0, 0.05) is 27.9 Å². The van der Waals surface area contributed by atoms with Crippen LogP contribution in [0.15, 0.2) is 52.8 Å². The van der Waals surface area contributed by atoms with Gasteiger partial charge in [-0.15, -0.1) is 11.3 Å². The molecule has 0 N–H and O–H groups in total. The lowest BCUT2D eigenvalue weighted by Gasteiger charge is -2.20. The molecule has 1 saturated heterocycles. The van der Waals surface area contributed by atoms with Crippen molar-refractivity contribution in [3.05, 3.63) is 64.0 Å². The average molecular weight is 410 g/mol. The van der Waals surface area contributed by atoms with Crippen LogP contribution in [0, 0.1) is 5.82 Å². The van der Waals surface area contributed by atoms with Crippen LogP contribution in [0.3, 0.4) is 0 Å². The average Bonchev–Trinajstić information content (AvgIpc) is 3.34. The molecule has 5 rings (SSSR count). The zero-order valence-corrected chi connectivity index (χ0v) is 16.8. The SMILES string of the molecule is CC1(C)OCC(Cn2c3ccc(F)cc3c(=O)c3ccc(-c4nccs4)cc32)O1. The topological polar surface area (TPSA) is 53.4 Å². The number of aromatic nitrogens is 2. The van der Waals surface area contributed by atoms with Crippen LogP contribution in [0.5, 0.6) is 0 Å². The summed E-state index contributed by atoms with van der Waals surface area (Å²) in [4.78, 5) is 17.5. The second-order valence-electron chi connectivity index (χ2n) is 7.62. The highest BCUT2D eigenvalue weighted by Crippen LogP contribution is 2.29. The van der Waals surface area contributed by atoms with Crippen molar-refractivity contribution in [1.29, 1.82) is 0 Å². The largest absolute Gasteiger partial charge is 0.348 e. The Kier molecular flexibility index (Phi) is 4.27. The van der Waals surface area contributed by atoms with Gasteiger partial charge in [-0.3, -0.25) is 4.79 Å². The van der Waals surface area contributed by atoms with Gasteiger partial charge in [0.15, 0.2) is 11.2 Å². The molecule has 1 aliphatic heterocycles. The van der Waals surface area contributed by atoms with Gasteiger partial charge in [-0.25, -0.2) is 9.37 Å². The highest BCUT2D eigenvalue weighted by atomic mass is 32.1. The summed E-state index contributed by atoms with van der Waals surface area (Å²) >= 11 is 1.54. The van der Waals surface area contributed by atoms with Gasteiger partial charge in [0.1, 0.15) is 16.9 Å². The molecule has 0 saturated carbocycles. The first-order valence-corrected chi connectivity index (χ1v) is 10.3. The maximum Gasteiger partial charge on any atom is 0.197 e. The van der Waals surface area contributed by atoms with Crippen LogP contribution in [0.1, 0.15) is 13.8 Å². The number of rotatable bonds is 3. The number of hydrogen-bond acceptors (Lipinski definition) is 5. The van der Waals surface area contributed by atoms with Crippen LogP contribution in [-0.2, 0) is 16.0 Å². The van der Waals surface area contributed by atoms with Crippen molar-refractivity contribution < 1.29 is 13.9 Å². The summed E-state index contributed by atoms with van der Waals surface area (Å²) in [5.74, 6) is -1.07. The molecule has 148 valence electrons. The Morgan fingerprint density at radius 2 is 2.07 bits per heavy atom. The van der Waals surface area contributed by atoms with Gasteiger partial charge in [0.05, 0.1) is 24.2 Å². The molecule has 29 heavy (non-hydrogen) atoms. The highest BCUT2D eigenvalue weighted by molar-refractivity contribution is 7.13. The number of thiazole rings is 1. The van der Waals surface area contributed by atoms with Crippen LogP contribution >= 0.6 is 11.3 Å². The molecule has 1 fully saturated rings. The first-order valence-electron chi connectivity index (χ1n) is 9.39. The number of ether oxygens (including phenoxy) is 2. The number of fused-ring (bicyclic) bond motifs is 2. The number of nitrogens with zero attached hydrogens (tertiary/aromatic N) is 2. The molecule has 0 bridgehead atoms. The summed E-state index contributed by atoms with van der Waals surface area (Å²) in [5, 5.41) is 3.70. The Morgan fingerprint density at radius 3 is 2.79 bits per heavy atom. The maximum atomic E-state index is 13.9. The summed E-state index contributed by atoms with van der Waals surface area (Å²) in [5.41, 5.74) is 2.20. The van der Waals surface area contributed by atoms with Crippen LogP contribution in [0.2, 0.25) is 0 Å². The van der Waals surface area contributed by atoms with Gasteiger partial charge < -0.3 is 14.0 Å². The van der Waals surface area contributed by atoms with Gasteiger partial charge >= 0.3 is 0 Å². The minimum Gasteiger partial charge on any atom is -0.348 e. The van der Waals surface area contributed by atoms with Crippen molar-refractivity contribution in [3.63, 3.8) is 0 Å². The highest BCUT2D eigenvalue weighted by Gasteiger charge is 2.33. The zero-order valence-electron chi connectivity index (χ0n) is 16.0. The number of pyridine rings is 1. The van der Waals surface area contributed by atoms with Gasteiger partial charge in [-0.1, -0.05) is 6.07 Å². The van der Waals surface area contributed by atoms with Gasteiger partial charge in [0.25, 0.3) is 0 Å². The third kappa shape index (κ3) is 3.25. The fourth-order valence-corrected chi connectivity index (χ4v) is 4.54. The van der Waals surface area contributed by atoms with Crippen molar-refractivity contribution in [2.24, 2.45) is 0 Å². The van der Waals surface area contributed by atoms with Gasteiger partial charge in [-0.05, 0) is 44.2 Å². The third-order valence-corrected chi connectivity index (χ3v) is 5.98. The summed E-state index contributed by atoms with van der Waals surface area (Å²) in [7, 11) is 0.